The predicted molar refractivity (Wildman–Crippen MR) is 66.6 cm³/mol. The Kier molecular flexibility index (Phi) is 4.63. The first-order chi connectivity index (χ1) is 7.89. The first-order valence-electron chi connectivity index (χ1n) is 5.68. The number of carboxylic acid groups (broad SMARTS) is 1. The zero-order valence-corrected chi connectivity index (χ0v) is 10.7. The van der Waals surface area contributed by atoms with Gasteiger partial charge in [0.05, 0.1) is 6.42 Å². The summed E-state index contributed by atoms with van der Waals surface area (Å²) in [5, 5.41) is 8.82. The average Bonchev–Trinajstić information content (AvgIpc) is 2.15. The first kappa shape index (κ1) is 13.6. The second-order valence-corrected chi connectivity index (χ2v) is 5.26. The molecular formula is C13H20N2O2. The molecule has 0 aliphatic carbocycles. The summed E-state index contributed by atoms with van der Waals surface area (Å²) < 4.78 is 0. The highest BCUT2D eigenvalue weighted by Crippen LogP contribution is 2.21. The Morgan fingerprint density at radius 1 is 1.41 bits per heavy atom. The Balaban J connectivity index is 2.49. The maximum atomic E-state index is 10.7. The number of nitrogens with zero attached hydrogens (tertiary/aromatic N) is 2. The van der Waals surface area contributed by atoms with E-state index in [-0.39, 0.29) is 11.8 Å². The summed E-state index contributed by atoms with van der Waals surface area (Å²) in [5.41, 5.74) is 0.974. The molecule has 0 amide bonds. The number of pyridine rings is 1. The molecule has 0 saturated heterocycles. The molecule has 4 nitrogen and oxygen atoms in total. The average molecular weight is 236 g/mol. The molecule has 0 fully saturated rings. The number of hydrogen-bond acceptors (Lipinski definition) is 3. The third-order valence-corrected chi connectivity index (χ3v) is 2.53. The fraction of sp³-hybridized carbons (Fsp3) is 0.538. The highest BCUT2D eigenvalue weighted by Gasteiger charge is 2.23. The van der Waals surface area contributed by atoms with Gasteiger partial charge in [0.15, 0.2) is 0 Å². The summed E-state index contributed by atoms with van der Waals surface area (Å²) in [6.07, 6.45) is 3.73. The lowest BCUT2D eigenvalue weighted by Crippen LogP contribution is -2.32. The molecule has 0 saturated carbocycles. The molecule has 0 aliphatic heterocycles. The molecule has 0 aromatic carbocycles. The zero-order valence-electron chi connectivity index (χ0n) is 10.7. The van der Waals surface area contributed by atoms with E-state index in [0.29, 0.717) is 0 Å². The van der Waals surface area contributed by atoms with Crippen molar-refractivity contribution in [2.75, 3.05) is 13.6 Å². The van der Waals surface area contributed by atoms with Gasteiger partial charge in [-0.2, -0.15) is 0 Å². The molecule has 0 aliphatic rings. The van der Waals surface area contributed by atoms with Crippen LogP contribution in [0.1, 0.15) is 25.8 Å². The van der Waals surface area contributed by atoms with Crippen LogP contribution >= 0.6 is 0 Å². The SMILES string of the molecule is CN(Cc1ccncc1)CC(C)(C)CC(=O)O. The molecule has 17 heavy (non-hydrogen) atoms. The number of rotatable bonds is 6. The highest BCUT2D eigenvalue weighted by molar-refractivity contribution is 5.67. The van der Waals surface area contributed by atoms with Crippen LogP contribution in [-0.2, 0) is 11.3 Å². The highest BCUT2D eigenvalue weighted by atomic mass is 16.4. The van der Waals surface area contributed by atoms with Crippen LogP contribution in [0.25, 0.3) is 0 Å². The van der Waals surface area contributed by atoms with Crippen LogP contribution in [0.2, 0.25) is 0 Å². The van der Waals surface area contributed by atoms with Crippen molar-refractivity contribution in [1.82, 2.24) is 9.88 Å². The molecule has 1 N–H and O–H groups in total. The van der Waals surface area contributed by atoms with Gasteiger partial charge in [-0.15, -0.1) is 0 Å². The van der Waals surface area contributed by atoms with E-state index in [1.165, 1.54) is 5.56 Å². The van der Waals surface area contributed by atoms with Crippen LogP contribution in [0.15, 0.2) is 24.5 Å². The summed E-state index contributed by atoms with van der Waals surface area (Å²) in [6, 6.07) is 3.95. The van der Waals surface area contributed by atoms with Crippen LogP contribution in [0.4, 0.5) is 0 Å². The van der Waals surface area contributed by atoms with E-state index in [0.717, 1.165) is 13.1 Å². The fourth-order valence-electron chi connectivity index (χ4n) is 2.05. The van der Waals surface area contributed by atoms with Crippen molar-refractivity contribution < 1.29 is 9.90 Å². The zero-order chi connectivity index (χ0) is 12.9. The molecule has 0 spiro atoms. The van der Waals surface area contributed by atoms with Crippen LogP contribution < -0.4 is 0 Å². The van der Waals surface area contributed by atoms with Crippen molar-refractivity contribution in [3.8, 4) is 0 Å². The number of aromatic nitrogens is 1. The molecule has 4 heteroatoms. The van der Waals surface area contributed by atoms with Crippen LogP contribution in [0.3, 0.4) is 0 Å². The second kappa shape index (κ2) is 5.77. The van der Waals surface area contributed by atoms with E-state index in [4.69, 9.17) is 5.11 Å². The first-order valence-corrected chi connectivity index (χ1v) is 5.68. The van der Waals surface area contributed by atoms with E-state index < -0.39 is 5.97 Å². The number of carboxylic acids is 1. The largest absolute Gasteiger partial charge is 0.481 e. The van der Waals surface area contributed by atoms with Crippen molar-refractivity contribution in [2.24, 2.45) is 5.41 Å². The number of aliphatic carboxylic acids is 1. The quantitative estimate of drug-likeness (QED) is 0.821. The molecule has 1 aromatic rings. The van der Waals surface area contributed by atoms with Crippen LogP contribution in [0.5, 0.6) is 0 Å². The normalized spacial score (nSPS) is 11.8. The topological polar surface area (TPSA) is 53.4 Å². The van der Waals surface area contributed by atoms with Gasteiger partial charge in [-0.1, -0.05) is 13.8 Å². The van der Waals surface area contributed by atoms with Crippen molar-refractivity contribution in [3.63, 3.8) is 0 Å². The second-order valence-electron chi connectivity index (χ2n) is 5.26. The summed E-state index contributed by atoms with van der Waals surface area (Å²) in [6.45, 7) is 5.52. The van der Waals surface area contributed by atoms with Crippen LogP contribution in [-0.4, -0.2) is 34.6 Å². The molecule has 94 valence electrons. The molecule has 0 bridgehead atoms. The summed E-state index contributed by atoms with van der Waals surface area (Å²) in [7, 11) is 2.00. The van der Waals surface area contributed by atoms with Gasteiger partial charge >= 0.3 is 5.97 Å². The minimum atomic E-state index is -0.743. The monoisotopic (exact) mass is 236 g/mol. The number of carbonyl (C=O) groups is 1. The number of hydrogen-bond donors (Lipinski definition) is 1. The Morgan fingerprint density at radius 2 is 2.00 bits per heavy atom. The minimum absolute atomic E-state index is 0.188. The molecule has 0 unspecified atom stereocenters. The Hall–Kier alpha value is -1.42. The molecule has 1 aromatic heterocycles. The van der Waals surface area contributed by atoms with Crippen molar-refractivity contribution in [1.29, 1.82) is 0 Å². The van der Waals surface area contributed by atoms with E-state index in [2.05, 4.69) is 9.88 Å². The Labute approximate surface area is 102 Å². The fourth-order valence-corrected chi connectivity index (χ4v) is 2.05. The lowest BCUT2D eigenvalue weighted by molar-refractivity contribution is -0.139. The third-order valence-electron chi connectivity index (χ3n) is 2.53. The van der Waals surface area contributed by atoms with Gasteiger partial charge in [-0.05, 0) is 30.2 Å². The smallest absolute Gasteiger partial charge is 0.303 e. The van der Waals surface area contributed by atoms with Gasteiger partial charge in [0.25, 0.3) is 0 Å². The van der Waals surface area contributed by atoms with Crippen molar-refractivity contribution in [2.45, 2.75) is 26.8 Å². The maximum Gasteiger partial charge on any atom is 0.303 e. The van der Waals surface area contributed by atoms with Crippen LogP contribution in [0, 0.1) is 5.41 Å². The van der Waals surface area contributed by atoms with Gasteiger partial charge in [0, 0.05) is 25.5 Å². The van der Waals surface area contributed by atoms with Gasteiger partial charge in [0.2, 0.25) is 0 Å². The Morgan fingerprint density at radius 3 is 2.53 bits per heavy atom. The van der Waals surface area contributed by atoms with E-state index in [1.807, 2.05) is 33.0 Å². The van der Waals surface area contributed by atoms with E-state index in [1.54, 1.807) is 12.4 Å². The maximum absolute atomic E-state index is 10.7. The van der Waals surface area contributed by atoms with E-state index in [9.17, 15) is 4.79 Å². The molecule has 0 atom stereocenters. The van der Waals surface area contributed by atoms with Gasteiger partial charge in [0.1, 0.15) is 0 Å². The molecule has 0 radical (unpaired) electrons. The Bertz CT molecular complexity index is 363. The summed E-state index contributed by atoms with van der Waals surface area (Å²) in [4.78, 5) is 16.8. The lowest BCUT2D eigenvalue weighted by atomic mass is 9.89. The minimum Gasteiger partial charge on any atom is -0.481 e. The third kappa shape index (κ3) is 5.45. The molecular weight excluding hydrogens is 216 g/mol. The molecule has 1 heterocycles. The predicted octanol–water partition coefficient (Wildman–Crippen LogP) is 2.01. The van der Waals surface area contributed by atoms with Gasteiger partial charge in [-0.25, -0.2) is 0 Å². The summed E-state index contributed by atoms with van der Waals surface area (Å²) in [5.74, 6) is -0.743. The van der Waals surface area contributed by atoms with Crippen molar-refractivity contribution in [3.05, 3.63) is 30.1 Å². The van der Waals surface area contributed by atoms with Crippen molar-refractivity contribution >= 4 is 5.97 Å². The van der Waals surface area contributed by atoms with Gasteiger partial charge in [-0.3, -0.25) is 9.78 Å². The van der Waals surface area contributed by atoms with E-state index >= 15 is 0 Å². The lowest BCUT2D eigenvalue weighted by Gasteiger charge is -2.28. The molecule has 1 rings (SSSR count). The van der Waals surface area contributed by atoms with Gasteiger partial charge < -0.3 is 10.0 Å². The summed E-state index contributed by atoms with van der Waals surface area (Å²) >= 11 is 0. The standard InChI is InChI=1S/C13H20N2O2/c1-13(2,8-12(16)17)10-15(3)9-11-4-6-14-7-5-11/h4-7H,8-10H2,1-3H3,(H,16,17).